The summed E-state index contributed by atoms with van der Waals surface area (Å²) < 4.78 is 13.3. The molecule has 2 fully saturated rings. The Kier molecular flexibility index (Phi) is 3.54. The van der Waals surface area contributed by atoms with Crippen molar-refractivity contribution in [1.29, 1.82) is 5.26 Å². The second-order valence-corrected chi connectivity index (χ2v) is 5.86. The largest absolute Gasteiger partial charge is 0.311 e. The van der Waals surface area contributed by atoms with Gasteiger partial charge in [0.2, 0.25) is 0 Å². The van der Waals surface area contributed by atoms with E-state index in [4.69, 9.17) is 5.26 Å². The number of nitriles is 1. The van der Waals surface area contributed by atoms with Crippen LogP contribution < -0.4 is 5.32 Å². The molecule has 2 saturated heterocycles. The Labute approximate surface area is 117 Å². The van der Waals surface area contributed by atoms with E-state index in [1.54, 1.807) is 0 Å². The van der Waals surface area contributed by atoms with Crippen molar-refractivity contribution in [3.8, 4) is 6.07 Å². The topological polar surface area (TPSA) is 52.9 Å². The molecule has 0 saturated carbocycles. The minimum atomic E-state index is -0.391. The second kappa shape index (κ2) is 5.34. The predicted molar refractivity (Wildman–Crippen MR) is 72.5 cm³/mol. The van der Waals surface area contributed by atoms with Crippen LogP contribution in [-0.4, -0.2) is 17.9 Å². The Morgan fingerprint density at radius 3 is 2.70 bits per heavy atom. The fourth-order valence-electron chi connectivity index (χ4n) is 3.47. The third-order valence-corrected chi connectivity index (χ3v) is 4.48. The number of carbonyl (C=O) groups excluding carboxylic acids is 1. The number of rotatable bonds is 3. The van der Waals surface area contributed by atoms with Crippen LogP contribution in [0.4, 0.5) is 4.39 Å². The van der Waals surface area contributed by atoms with Crippen molar-refractivity contribution in [2.45, 2.75) is 44.2 Å². The quantitative estimate of drug-likeness (QED) is 0.919. The maximum atomic E-state index is 13.3. The summed E-state index contributed by atoms with van der Waals surface area (Å²) >= 11 is 0. The van der Waals surface area contributed by atoms with Crippen LogP contribution in [0.5, 0.6) is 0 Å². The van der Waals surface area contributed by atoms with Crippen molar-refractivity contribution in [2.75, 3.05) is 0 Å². The van der Waals surface area contributed by atoms with Gasteiger partial charge in [-0.05, 0) is 49.4 Å². The first kappa shape index (κ1) is 13.3. The Morgan fingerprint density at radius 2 is 2.05 bits per heavy atom. The Bertz CT molecular complexity index is 566. The normalized spacial score (nSPS) is 28.1. The van der Waals surface area contributed by atoms with Crippen molar-refractivity contribution >= 4 is 5.78 Å². The lowest BCUT2D eigenvalue weighted by molar-refractivity contribution is -0.123. The lowest BCUT2D eigenvalue weighted by Gasteiger charge is -2.28. The van der Waals surface area contributed by atoms with Gasteiger partial charge in [0.05, 0.1) is 11.6 Å². The number of ketones is 1. The second-order valence-electron chi connectivity index (χ2n) is 5.86. The molecule has 2 aliphatic rings. The molecule has 1 aromatic carbocycles. The number of nitrogens with zero attached hydrogens (tertiary/aromatic N) is 1. The van der Waals surface area contributed by atoms with Gasteiger partial charge in [0.25, 0.3) is 0 Å². The predicted octanol–water partition coefficient (Wildman–Crippen LogP) is 2.34. The van der Waals surface area contributed by atoms with Crippen LogP contribution in [0.3, 0.4) is 0 Å². The smallest absolute Gasteiger partial charge is 0.140 e. The molecule has 3 nitrogen and oxygen atoms in total. The van der Waals surface area contributed by atoms with Gasteiger partial charge in [0.15, 0.2) is 0 Å². The minimum absolute atomic E-state index is 0.0589. The van der Waals surface area contributed by atoms with Crippen LogP contribution in [0.15, 0.2) is 18.2 Å². The van der Waals surface area contributed by atoms with E-state index in [9.17, 15) is 9.18 Å². The number of piperidine rings is 1. The molecule has 0 aromatic heterocycles. The van der Waals surface area contributed by atoms with E-state index >= 15 is 0 Å². The number of halogens is 1. The molecule has 1 aromatic rings. The molecule has 0 radical (unpaired) electrons. The summed E-state index contributed by atoms with van der Waals surface area (Å²) in [4.78, 5) is 12.4. The molecular weight excluding hydrogens is 255 g/mol. The minimum Gasteiger partial charge on any atom is -0.311 e. The summed E-state index contributed by atoms with van der Waals surface area (Å²) in [5.74, 6) is -0.189. The van der Waals surface area contributed by atoms with Crippen molar-refractivity contribution < 1.29 is 9.18 Å². The monoisotopic (exact) mass is 272 g/mol. The Morgan fingerprint density at radius 1 is 1.35 bits per heavy atom. The van der Waals surface area contributed by atoms with Crippen molar-refractivity contribution in [1.82, 2.24) is 5.32 Å². The van der Waals surface area contributed by atoms with Crippen molar-refractivity contribution in [3.05, 3.63) is 35.1 Å². The Balaban J connectivity index is 1.73. The number of hydrogen-bond donors (Lipinski definition) is 1. The number of nitrogens with one attached hydrogen (secondary N) is 1. The third kappa shape index (κ3) is 2.59. The van der Waals surface area contributed by atoms with Crippen molar-refractivity contribution in [2.24, 2.45) is 5.92 Å². The van der Waals surface area contributed by atoms with Crippen molar-refractivity contribution in [3.63, 3.8) is 0 Å². The van der Waals surface area contributed by atoms with E-state index in [1.165, 1.54) is 18.2 Å². The molecule has 1 N–H and O–H groups in total. The zero-order valence-corrected chi connectivity index (χ0v) is 11.2. The van der Waals surface area contributed by atoms with Crippen LogP contribution in [0.2, 0.25) is 0 Å². The highest BCUT2D eigenvalue weighted by atomic mass is 19.1. The maximum absolute atomic E-state index is 13.3. The summed E-state index contributed by atoms with van der Waals surface area (Å²) in [7, 11) is 0. The highest BCUT2D eigenvalue weighted by Gasteiger charge is 2.36. The molecule has 4 heteroatoms. The molecule has 20 heavy (non-hydrogen) atoms. The van der Waals surface area contributed by atoms with Gasteiger partial charge >= 0.3 is 0 Å². The molecule has 2 unspecified atom stereocenters. The van der Waals surface area contributed by atoms with Gasteiger partial charge in [-0.3, -0.25) is 4.79 Å². The molecule has 104 valence electrons. The zero-order valence-electron chi connectivity index (χ0n) is 11.2. The number of Topliss-reactive ketones (excluding diaryl/α,β-unsaturated/α-hetero) is 1. The van der Waals surface area contributed by atoms with Gasteiger partial charge in [-0.2, -0.15) is 5.26 Å². The SMILES string of the molecule is N#Cc1ccc(F)cc1CC(=O)C1CC2CCC(C1)N2. The van der Waals surface area contributed by atoms with Gasteiger partial charge in [0.1, 0.15) is 11.6 Å². The molecule has 2 aliphatic heterocycles. The molecule has 0 spiro atoms. The summed E-state index contributed by atoms with van der Waals surface area (Å²) in [6.07, 6.45) is 4.24. The van der Waals surface area contributed by atoms with Crippen LogP contribution in [0, 0.1) is 23.1 Å². The van der Waals surface area contributed by atoms with E-state index in [0.717, 1.165) is 25.7 Å². The first-order valence-electron chi connectivity index (χ1n) is 7.13. The van der Waals surface area contributed by atoms with Gasteiger partial charge in [-0.15, -0.1) is 0 Å². The first-order chi connectivity index (χ1) is 9.65. The van der Waals surface area contributed by atoms with Gasteiger partial charge in [-0.25, -0.2) is 4.39 Å². The highest BCUT2D eigenvalue weighted by molar-refractivity contribution is 5.84. The van der Waals surface area contributed by atoms with Crippen LogP contribution in [-0.2, 0) is 11.2 Å². The summed E-state index contributed by atoms with van der Waals surface area (Å²) in [5.41, 5.74) is 0.917. The average molecular weight is 272 g/mol. The Hall–Kier alpha value is -1.73. The van der Waals surface area contributed by atoms with Gasteiger partial charge in [0, 0.05) is 24.4 Å². The molecule has 2 atom stereocenters. The van der Waals surface area contributed by atoms with Gasteiger partial charge < -0.3 is 5.32 Å². The standard InChI is InChI=1S/C16H17FN2O/c17-13-2-1-10(9-18)11(5-13)8-16(20)12-6-14-3-4-15(7-12)19-14/h1-2,5,12,14-15,19H,3-4,6-8H2. The summed E-state index contributed by atoms with van der Waals surface area (Å²) in [6.45, 7) is 0. The van der Waals surface area contributed by atoms with Gasteiger partial charge in [-0.1, -0.05) is 0 Å². The summed E-state index contributed by atoms with van der Waals surface area (Å²) in [5, 5.41) is 12.5. The zero-order chi connectivity index (χ0) is 14.1. The number of fused-ring (bicyclic) bond motifs is 2. The highest BCUT2D eigenvalue weighted by Crippen LogP contribution is 2.32. The number of hydrogen-bond acceptors (Lipinski definition) is 3. The van der Waals surface area contributed by atoms with E-state index < -0.39 is 5.82 Å². The molecule has 0 aliphatic carbocycles. The molecule has 0 amide bonds. The van der Waals surface area contributed by atoms with Crippen LogP contribution in [0.1, 0.15) is 36.8 Å². The maximum Gasteiger partial charge on any atom is 0.140 e. The fraction of sp³-hybridized carbons (Fsp3) is 0.500. The molecule has 2 heterocycles. The molecule has 2 bridgehead atoms. The third-order valence-electron chi connectivity index (χ3n) is 4.48. The van der Waals surface area contributed by atoms with Crippen LogP contribution >= 0.6 is 0 Å². The molecular formula is C16H17FN2O. The molecule has 3 rings (SSSR count). The summed E-state index contributed by atoms with van der Waals surface area (Å²) in [6, 6.07) is 6.98. The van der Waals surface area contributed by atoms with E-state index in [-0.39, 0.29) is 18.1 Å². The number of benzene rings is 1. The van der Waals surface area contributed by atoms with Crippen LogP contribution in [0.25, 0.3) is 0 Å². The first-order valence-corrected chi connectivity index (χ1v) is 7.13. The van der Waals surface area contributed by atoms with E-state index in [0.29, 0.717) is 23.2 Å². The average Bonchev–Trinajstić information content (AvgIpc) is 2.77. The van der Waals surface area contributed by atoms with E-state index in [2.05, 4.69) is 5.32 Å². The van der Waals surface area contributed by atoms with E-state index in [1.807, 2.05) is 6.07 Å². The lowest BCUT2D eigenvalue weighted by Crippen LogP contribution is -2.40. The number of carbonyl (C=O) groups is 1. The lowest BCUT2D eigenvalue weighted by atomic mass is 9.85. The fourth-order valence-corrected chi connectivity index (χ4v) is 3.47.